The summed E-state index contributed by atoms with van der Waals surface area (Å²) in [5, 5.41) is 11.5. The van der Waals surface area contributed by atoms with E-state index < -0.39 is 0 Å². The van der Waals surface area contributed by atoms with Crippen molar-refractivity contribution in [3.8, 4) is 0 Å². The Morgan fingerprint density at radius 3 is 2.44 bits per heavy atom. The van der Waals surface area contributed by atoms with Crippen LogP contribution in [-0.4, -0.2) is 24.8 Å². The standard InChI is InChI=1S/C6H13NO.ClH/c1-3-4-6(5-8)7-2;/h3,6-8H,1,4-5H2,2H3;1H/t6-;/m0./s1. The highest BCUT2D eigenvalue weighted by molar-refractivity contribution is 5.85. The topological polar surface area (TPSA) is 32.3 Å². The summed E-state index contributed by atoms with van der Waals surface area (Å²) >= 11 is 0. The maximum absolute atomic E-state index is 8.55. The van der Waals surface area contributed by atoms with Gasteiger partial charge in [0.05, 0.1) is 6.61 Å². The minimum atomic E-state index is 0. The first kappa shape index (κ1) is 11.7. The molecule has 0 aromatic heterocycles. The number of hydrogen-bond acceptors (Lipinski definition) is 2. The molecule has 1 atom stereocenters. The van der Waals surface area contributed by atoms with Gasteiger partial charge in [-0.15, -0.1) is 19.0 Å². The Kier molecular flexibility index (Phi) is 10.3. The van der Waals surface area contributed by atoms with Gasteiger partial charge in [0.25, 0.3) is 0 Å². The Bertz CT molecular complexity index is 64.1. The molecule has 0 radical (unpaired) electrons. The summed E-state index contributed by atoms with van der Waals surface area (Å²) < 4.78 is 0. The van der Waals surface area contributed by atoms with Crippen LogP contribution < -0.4 is 5.32 Å². The maximum Gasteiger partial charge on any atom is 0.0587 e. The highest BCUT2D eigenvalue weighted by Gasteiger charge is 1.97. The van der Waals surface area contributed by atoms with Crippen LogP contribution in [0.5, 0.6) is 0 Å². The SMILES string of the molecule is C=CC[C@@H](CO)NC.Cl. The first-order chi connectivity index (χ1) is 3.85. The van der Waals surface area contributed by atoms with Crippen LogP contribution in [0.3, 0.4) is 0 Å². The molecule has 3 heteroatoms. The normalized spacial score (nSPS) is 11.8. The smallest absolute Gasteiger partial charge is 0.0587 e. The van der Waals surface area contributed by atoms with Crippen LogP contribution in [0.15, 0.2) is 12.7 Å². The molecular weight excluding hydrogens is 138 g/mol. The summed E-state index contributed by atoms with van der Waals surface area (Å²) in [6, 6.07) is 0.187. The van der Waals surface area contributed by atoms with Gasteiger partial charge in [0.1, 0.15) is 0 Å². The van der Waals surface area contributed by atoms with Gasteiger partial charge in [-0.25, -0.2) is 0 Å². The molecular formula is C6H14ClNO. The van der Waals surface area contributed by atoms with E-state index in [1.54, 1.807) is 6.08 Å². The zero-order valence-corrected chi connectivity index (χ0v) is 6.45. The molecule has 0 aliphatic carbocycles. The van der Waals surface area contributed by atoms with E-state index in [0.717, 1.165) is 6.42 Å². The van der Waals surface area contributed by atoms with Crippen molar-refractivity contribution in [3.63, 3.8) is 0 Å². The van der Waals surface area contributed by atoms with Crippen molar-refractivity contribution < 1.29 is 5.11 Å². The average Bonchev–Trinajstić information content (AvgIpc) is 1.83. The van der Waals surface area contributed by atoms with Gasteiger partial charge in [-0.3, -0.25) is 0 Å². The van der Waals surface area contributed by atoms with E-state index in [9.17, 15) is 0 Å². The van der Waals surface area contributed by atoms with Crippen molar-refractivity contribution in [1.82, 2.24) is 5.32 Å². The first-order valence-corrected chi connectivity index (χ1v) is 2.74. The van der Waals surface area contributed by atoms with E-state index in [4.69, 9.17) is 5.11 Å². The third kappa shape index (κ3) is 5.83. The molecule has 0 rings (SSSR count). The molecule has 0 aliphatic rings. The predicted molar refractivity (Wildman–Crippen MR) is 42.0 cm³/mol. The summed E-state index contributed by atoms with van der Waals surface area (Å²) in [5.74, 6) is 0. The molecule has 0 saturated carbocycles. The molecule has 0 heterocycles. The van der Waals surface area contributed by atoms with Crippen LogP contribution in [0, 0.1) is 0 Å². The number of likely N-dealkylation sites (N-methyl/N-ethyl adjacent to an activating group) is 1. The maximum atomic E-state index is 8.55. The van der Waals surface area contributed by atoms with Crippen LogP contribution in [0.25, 0.3) is 0 Å². The Hall–Kier alpha value is -0.0500. The molecule has 2 nitrogen and oxygen atoms in total. The van der Waals surface area contributed by atoms with E-state index in [1.807, 2.05) is 7.05 Å². The molecule has 0 aromatic carbocycles. The lowest BCUT2D eigenvalue weighted by Crippen LogP contribution is -2.27. The molecule has 0 saturated heterocycles. The predicted octanol–water partition coefficient (Wildman–Crippen LogP) is 0.565. The number of aliphatic hydroxyl groups excluding tert-OH is 1. The van der Waals surface area contributed by atoms with Crippen LogP contribution in [-0.2, 0) is 0 Å². The second kappa shape index (κ2) is 7.95. The molecule has 2 N–H and O–H groups in total. The van der Waals surface area contributed by atoms with Crippen LogP contribution in [0.2, 0.25) is 0 Å². The van der Waals surface area contributed by atoms with Gasteiger partial charge in [0, 0.05) is 6.04 Å². The molecule has 0 spiro atoms. The van der Waals surface area contributed by atoms with Crippen molar-refractivity contribution in [2.24, 2.45) is 0 Å². The van der Waals surface area contributed by atoms with Gasteiger partial charge in [-0.05, 0) is 13.5 Å². The Labute approximate surface area is 62.4 Å². The number of hydrogen-bond donors (Lipinski definition) is 2. The summed E-state index contributed by atoms with van der Waals surface area (Å²) in [7, 11) is 1.82. The monoisotopic (exact) mass is 151 g/mol. The minimum Gasteiger partial charge on any atom is -0.395 e. The molecule has 0 aromatic rings. The molecule has 56 valence electrons. The Morgan fingerprint density at radius 2 is 2.33 bits per heavy atom. The molecule has 0 bridgehead atoms. The third-order valence-electron chi connectivity index (χ3n) is 1.08. The largest absolute Gasteiger partial charge is 0.395 e. The molecule has 0 unspecified atom stereocenters. The van der Waals surface area contributed by atoms with E-state index in [1.165, 1.54) is 0 Å². The number of halogens is 1. The molecule has 0 fully saturated rings. The van der Waals surface area contributed by atoms with E-state index in [-0.39, 0.29) is 25.1 Å². The average molecular weight is 152 g/mol. The fourth-order valence-corrected chi connectivity index (χ4v) is 0.485. The van der Waals surface area contributed by atoms with Crippen LogP contribution >= 0.6 is 12.4 Å². The number of nitrogens with one attached hydrogen (secondary N) is 1. The fraction of sp³-hybridized carbons (Fsp3) is 0.667. The van der Waals surface area contributed by atoms with Crippen LogP contribution in [0.4, 0.5) is 0 Å². The first-order valence-electron chi connectivity index (χ1n) is 2.74. The van der Waals surface area contributed by atoms with Gasteiger partial charge in [-0.2, -0.15) is 0 Å². The molecule has 0 aliphatic heterocycles. The number of rotatable bonds is 4. The van der Waals surface area contributed by atoms with Crippen molar-refractivity contribution in [2.75, 3.05) is 13.7 Å². The van der Waals surface area contributed by atoms with Gasteiger partial charge in [0.15, 0.2) is 0 Å². The lowest BCUT2D eigenvalue weighted by Gasteiger charge is -2.07. The number of aliphatic hydroxyl groups is 1. The second-order valence-corrected chi connectivity index (χ2v) is 1.69. The summed E-state index contributed by atoms with van der Waals surface area (Å²) in [5.41, 5.74) is 0. The Morgan fingerprint density at radius 1 is 1.78 bits per heavy atom. The highest BCUT2D eigenvalue weighted by atomic mass is 35.5. The lowest BCUT2D eigenvalue weighted by atomic mass is 10.2. The third-order valence-corrected chi connectivity index (χ3v) is 1.08. The van der Waals surface area contributed by atoms with E-state index in [2.05, 4.69) is 11.9 Å². The summed E-state index contributed by atoms with van der Waals surface area (Å²) in [6.45, 7) is 3.73. The van der Waals surface area contributed by atoms with E-state index >= 15 is 0 Å². The van der Waals surface area contributed by atoms with Gasteiger partial charge in [-0.1, -0.05) is 6.08 Å². The fourth-order valence-electron chi connectivity index (χ4n) is 0.485. The molecule has 0 amide bonds. The van der Waals surface area contributed by atoms with Gasteiger partial charge < -0.3 is 10.4 Å². The van der Waals surface area contributed by atoms with Crippen LogP contribution in [0.1, 0.15) is 6.42 Å². The van der Waals surface area contributed by atoms with Crippen molar-refractivity contribution >= 4 is 12.4 Å². The van der Waals surface area contributed by atoms with Crippen molar-refractivity contribution in [3.05, 3.63) is 12.7 Å². The summed E-state index contributed by atoms with van der Waals surface area (Å²) in [6.07, 6.45) is 2.62. The second-order valence-electron chi connectivity index (χ2n) is 1.69. The van der Waals surface area contributed by atoms with Gasteiger partial charge in [0.2, 0.25) is 0 Å². The lowest BCUT2D eigenvalue weighted by molar-refractivity contribution is 0.250. The zero-order valence-electron chi connectivity index (χ0n) is 5.63. The highest BCUT2D eigenvalue weighted by Crippen LogP contribution is 1.87. The quantitative estimate of drug-likeness (QED) is 0.576. The minimum absolute atomic E-state index is 0. The summed E-state index contributed by atoms with van der Waals surface area (Å²) in [4.78, 5) is 0. The van der Waals surface area contributed by atoms with E-state index in [0.29, 0.717) is 0 Å². The van der Waals surface area contributed by atoms with Crippen molar-refractivity contribution in [1.29, 1.82) is 0 Å². The van der Waals surface area contributed by atoms with Crippen molar-refractivity contribution in [2.45, 2.75) is 12.5 Å². The molecule has 9 heavy (non-hydrogen) atoms. The van der Waals surface area contributed by atoms with Gasteiger partial charge >= 0.3 is 0 Å². The zero-order chi connectivity index (χ0) is 6.41. The Balaban J connectivity index is 0.